The maximum Gasteiger partial charge on any atom is 0.127 e. The van der Waals surface area contributed by atoms with Crippen molar-refractivity contribution in [1.29, 1.82) is 0 Å². The number of halogens is 1. The molecule has 0 fully saturated rings. The van der Waals surface area contributed by atoms with Crippen molar-refractivity contribution >= 4 is 11.6 Å². The van der Waals surface area contributed by atoms with Crippen molar-refractivity contribution in [2.75, 3.05) is 13.7 Å². The topological polar surface area (TPSA) is 55.5 Å². The van der Waals surface area contributed by atoms with Gasteiger partial charge in [0.25, 0.3) is 0 Å². The summed E-state index contributed by atoms with van der Waals surface area (Å²) in [5.74, 6) is 0.670. The first kappa shape index (κ1) is 14.3. The van der Waals surface area contributed by atoms with Gasteiger partial charge in [0.1, 0.15) is 5.75 Å². The van der Waals surface area contributed by atoms with Gasteiger partial charge in [-0.05, 0) is 24.6 Å². The van der Waals surface area contributed by atoms with E-state index in [4.69, 9.17) is 22.1 Å². The van der Waals surface area contributed by atoms with Crippen LogP contribution in [0.15, 0.2) is 12.1 Å². The Labute approximate surface area is 108 Å². The number of aryl methyl sites for hydroxylation is 1. The lowest BCUT2D eigenvalue weighted by atomic mass is 9.82. The zero-order chi connectivity index (χ0) is 13.2. The van der Waals surface area contributed by atoms with Crippen molar-refractivity contribution in [3.63, 3.8) is 0 Å². The van der Waals surface area contributed by atoms with E-state index in [0.29, 0.717) is 22.9 Å². The zero-order valence-electron chi connectivity index (χ0n) is 10.7. The molecule has 1 aromatic rings. The first-order chi connectivity index (χ1) is 7.83. The van der Waals surface area contributed by atoms with Crippen LogP contribution < -0.4 is 10.5 Å². The maximum atomic E-state index is 10.4. The number of aliphatic hydroxyl groups is 1. The number of methoxy groups -OCH3 is 1. The second kappa shape index (κ2) is 5.25. The van der Waals surface area contributed by atoms with Crippen LogP contribution in [0.2, 0.25) is 5.02 Å². The molecule has 0 saturated carbocycles. The van der Waals surface area contributed by atoms with E-state index in [2.05, 4.69) is 0 Å². The number of aliphatic hydroxyl groups excluding tert-OH is 1. The highest BCUT2D eigenvalue weighted by molar-refractivity contribution is 6.30. The third-order valence-electron chi connectivity index (χ3n) is 3.03. The Balaban J connectivity index is 3.30. The Kier molecular flexibility index (Phi) is 4.42. The minimum atomic E-state index is -0.708. The first-order valence-electron chi connectivity index (χ1n) is 5.55. The molecule has 0 saturated heterocycles. The summed E-state index contributed by atoms with van der Waals surface area (Å²) in [5.41, 5.74) is 6.84. The van der Waals surface area contributed by atoms with Gasteiger partial charge < -0.3 is 15.6 Å². The Morgan fingerprint density at radius 3 is 2.53 bits per heavy atom. The Morgan fingerprint density at radius 2 is 2.06 bits per heavy atom. The van der Waals surface area contributed by atoms with Gasteiger partial charge in [-0.3, -0.25) is 0 Å². The van der Waals surface area contributed by atoms with Gasteiger partial charge in [-0.1, -0.05) is 25.4 Å². The molecule has 0 radical (unpaired) electrons. The van der Waals surface area contributed by atoms with Crippen LogP contribution in [-0.4, -0.2) is 18.8 Å². The molecule has 17 heavy (non-hydrogen) atoms. The smallest absolute Gasteiger partial charge is 0.127 e. The van der Waals surface area contributed by atoms with Gasteiger partial charge in [-0.15, -0.1) is 0 Å². The van der Waals surface area contributed by atoms with Gasteiger partial charge >= 0.3 is 0 Å². The highest BCUT2D eigenvalue weighted by Gasteiger charge is 2.30. The third kappa shape index (κ3) is 2.92. The van der Waals surface area contributed by atoms with Crippen molar-refractivity contribution in [2.24, 2.45) is 11.1 Å². The van der Waals surface area contributed by atoms with E-state index in [9.17, 15) is 5.11 Å². The fourth-order valence-corrected chi connectivity index (χ4v) is 2.05. The normalized spacial score (nSPS) is 13.6. The molecule has 0 bridgehead atoms. The summed E-state index contributed by atoms with van der Waals surface area (Å²) in [4.78, 5) is 0. The van der Waals surface area contributed by atoms with Gasteiger partial charge in [0.2, 0.25) is 0 Å². The van der Waals surface area contributed by atoms with Crippen molar-refractivity contribution in [3.8, 4) is 5.75 Å². The summed E-state index contributed by atoms with van der Waals surface area (Å²) in [6, 6.07) is 3.54. The Hall–Kier alpha value is -0.770. The van der Waals surface area contributed by atoms with E-state index < -0.39 is 11.5 Å². The standard InChI is InChI=1S/C13H20ClNO2/c1-8-5-9(14)6-10(11(8)17-4)12(16)13(2,3)7-15/h5-6,12,16H,7,15H2,1-4H3. The van der Waals surface area contributed by atoms with E-state index in [1.165, 1.54) is 0 Å². The van der Waals surface area contributed by atoms with Gasteiger partial charge in [-0.25, -0.2) is 0 Å². The molecule has 3 nitrogen and oxygen atoms in total. The Bertz CT molecular complexity index is 405. The molecule has 0 spiro atoms. The molecule has 0 aromatic heterocycles. The third-order valence-corrected chi connectivity index (χ3v) is 3.25. The molecule has 1 aromatic carbocycles. The molecule has 1 atom stereocenters. The summed E-state index contributed by atoms with van der Waals surface area (Å²) in [7, 11) is 1.59. The van der Waals surface area contributed by atoms with Crippen molar-refractivity contribution in [3.05, 3.63) is 28.3 Å². The quantitative estimate of drug-likeness (QED) is 0.872. The zero-order valence-corrected chi connectivity index (χ0v) is 11.5. The molecule has 1 unspecified atom stereocenters. The monoisotopic (exact) mass is 257 g/mol. The number of nitrogens with two attached hydrogens (primary N) is 1. The average molecular weight is 258 g/mol. The molecule has 0 heterocycles. The number of hydrogen-bond donors (Lipinski definition) is 2. The Morgan fingerprint density at radius 1 is 1.47 bits per heavy atom. The van der Waals surface area contributed by atoms with Crippen LogP contribution in [0.25, 0.3) is 0 Å². The molecule has 3 N–H and O–H groups in total. The SMILES string of the molecule is COc1c(C)cc(Cl)cc1C(O)C(C)(C)CN. The van der Waals surface area contributed by atoms with Gasteiger partial charge in [0, 0.05) is 22.5 Å². The van der Waals surface area contributed by atoms with Crippen molar-refractivity contribution in [2.45, 2.75) is 26.9 Å². The number of rotatable bonds is 4. The maximum absolute atomic E-state index is 10.4. The van der Waals surface area contributed by atoms with Crippen LogP contribution in [0.5, 0.6) is 5.75 Å². The lowest BCUT2D eigenvalue weighted by Gasteiger charge is -2.30. The molecular weight excluding hydrogens is 238 g/mol. The van der Waals surface area contributed by atoms with Crippen LogP contribution in [0.1, 0.15) is 31.1 Å². The van der Waals surface area contributed by atoms with E-state index >= 15 is 0 Å². The van der Waals surface area contributed by atoms with Gasteiger partial charge in [0.15, 0.2) is 0 Å². The van der Waals surface area contributed by atoms with Crippen LogP contribution >= 0.6 is 11.6 Å². The molecule has 0 amide bonds. The molecule has 96 valence electrons. The summed E-state index contributed by atoms with van der Waals surface area (Å²) in [6.45, 7) is 6.10. The first-order valence-corrected chi connectivity index (χ1v) is 5.93. The van der Waals surface area contributed by atoms with Crippen molar-refractivity contribution < 1.29 is 9.84 Å². The lowest BCUT2D eigenvalue weighted by molar-refractivity contribution is 0.0533. The number of ether oxygens (including phenoxy) is 1. The van der Waals surface area contributed by atoms with Crippen LogP contribution in [0.3, 0.4) is 0 Å². The van der Waals surface area contributed by atoms with Crippen LogP contribution in [0.4, 0.5) is 0 Å². The fraction of sp³-hybridized carbons (Fsp3) is 0.538. The number of benzene rings is 1. The largest absolute Gasteiger partial charge is 0.496 e. The van der Waals surface area contributed by atoms with E-state index in [1.807, 2.05) is 26.8 Å². The number of hydrogen-bond acceptors (Lipinski definition) is 3. The van der Waals surface area contributed by atoms with Crippen molar-refractivity contribution in [1.82, 2.24) is 0 Å². The minimum Gasteiger partial charge on any atom is -0.496 e. The highest BCUT2D eigenvalue weighted by atomic mass is 35.5. The predicted molar refractivity (Wildman–Crippen MR) is 70.5 cm³/mol. The average Bonchev–Trinajstić information content (AvgIpc) is 2.27. The van der Waals surface area contributed by atoms with E-state index in [0.717, 1.165) is 5.56 Å². The summed E-state index contributed by atoms with van der Waals surface area (Å²) in [6.07, 6.45) is -0.708. The molecule has 0 aliphatic rings. The van der Waals surface area contributed by atoms with Gasteiger partial charge in [-0.2, -0.15) is 0 Å². The van der Waals surface area contributed by atoms with E-state index in [-0.39, 0.29) is 0 Å². The molecule has 4 heteroatoms. The van der Waals surface area contributed by atoms with Crippen LogP contribution in [-0.2, 0) is 0 Å². The minimum absolute atomic E-state index is 0.378. The fourth-order valence-electron chi connectivity index (χ4n) is 1.77. The lowest BCUT2D eigenvalue weighted by Crippen LogP contribution is -2.31. The highest BCUT2D eigenvalue weighted by Crippen LogP contribution is 2.39. The molecular formula is C13H20ClNO2. The second-order valence-corrected chi connectivity index (χ2v) is 5.38. The second-order valence-electron chi connectivity index (χ2n) is 4.94. The molecule has 0 aliphatic carbocycles. The summed E-state index contributed by atoms with van der Waals surface area (Å²) in [5, 5.41) is 11.0. The molecule has 0 aliphatic heterocycles. The van der Waals surface area contributed by atoms with Gasteiger partial charge in [0.05, 0.1) is 13.2 Å². The molecule has 1 rings (SSSR count). The van der Waals surface area contributed by atoms with Crippen LogP contribution in [0, 0.1) is 12.3 Å². The predicted octanol–water partition coefficient (Wildman–Crippen LogP) is 2.68. The van der Waals surface area contributed by atoms with E-state index in [1.54, 1.807) is 13.2 Å². The summed E-state index contributed by atoms with van der Waals surface area (Å²) < 4.78 is 5.33. The summed E-state index contributed by atoms with van der Waals surface area (Å²) >= 11 is 6.02.